The monoisotopic (exact) mass is 469 g/mol. The van der Waals surface area contributed by atoms with Crippen molar-refractivity contribution >= 4 is 29.2 Å². The van der Waals surface area contributed by atoms with Crippen molar-refractivity contribution < 1.29 is 28.6 Å². The minimum Gasteiger partial charge on any atom is -0.466 e. The van der Waals surface area contributed by atoms with Crippen LogP contribution in [0, 0.1) is 0 Å². The smallest absolute Gasteiger partial charge is 0.355 e. The van der Waals surface area contributed by atoms with Crippen LogP contribution in [0.5, 0.6) is 0 Å². The number of aromatic amines is 1. The predicted molar refractivity (Wildman–Crippen MR) is 124 cm³/mol. The summed E-state index contributed by atoms with van der Waals surface area (Å²) in [5.74, 6) is -1.68. The van der Waals surface area contributed by atoms with E-state index in [-0.39, 0.29) is 37.5 Å². The van der Waals surface area contributed by atoms with E-state index in [0.29, 0.717) is 24.1 Å². The highest BCUT2D eigenvalue weighted by molar-refractivity contribution is 7.09. The summed E-state index contributed by atoms with van der Waals surface area (Å²) in [5, 5.41) is 1.97. The number of benzene rings is 1. The molecule has 0 atom stereocenters. The molecule has 3 rings (SSSR count). The fourth-order valence-electron chi connectivity index (χ4n) is 3.46. The maximum absolute atomic E-state index is 13.0. The van der Waals surface area contributed by atoms with Crippen LogP contribution in [0.25, 0.3) is 0 Å². The number of carbonyl (C=O) groups is 3. The summed E-state index contributed by atoms with van der Waals surface area (Å²) in [4.78, 5) is 42.2. The van der Waals surface area contributed by atoms with Crippen LogP contribution >= 0.6 is 11.3 Å². The molecule has 0 aliphatic heterocycles. The Morgan fingerprint density at radius 3 is 2.30 bits per heavy atom. The van der Waals surface area contributed by atoms with E-state index in [2.05, 4.69) is 4.98 Å². The SMILES string of the molecule is CCOC(=O)Cc1[nH]c(C(=O)OCc2ccccc2)c(CCc2cccs2)c1C(=O)OCC. The molecule has 1 N–H and O–H groups in total. The van der Waals surface area contributed by atoms with Crippen molar-refractivity contribution in [2.75, 3.05) is 13.2 Å². The average molecular weight is 470 g/mol. The molecule has 0 radical (unpaired) electrons. The summed E-state index contributed by atoms with van der Waals surface area (Å²) in [5.41, 5.74) is 1.98. The van der Waals surface area contributed by atoms with Gasteiger partial charge in [-0.25, -0.2) is 9.59 Å². The number of H-pyrrole nitrogens is 1. The minimum absolute atomic E-state index is 0.0883. The summed E-state index contributed by atoms with van der Waals surface area (Å²) in [7, 11) is 0. The molecule has 0 spiro atoms. The number of aromatic nitrogens is 1. The lowest BCUT2D eigenvalue weighted by molar-refractivity contribution is -0.142. The van der Waals surface area contributed by atoms with Crippen molar-refractivity contribution in [3.05, 3.63) is 80.8 Å². The number of carbonyl (C=O) groups excluding carboxylic acids is 3. The lowest BCUT2D eigenvalue weighted by atomic mass is 10.0. The van der Waals surface area contributed by atoms with Crippen molar-refractivity contribution in [1.82, 2.24) is 4.98 Å². The minimum atomic E-state index is -0.597. The van der Waals surface area contributed by atoms with E-state index in [1.54, 1.807) is 25.2 Å². The Bertz CT molecular complexity index is 1070. The number of ether oxygens (including phenoxy) is 3. The number of hydrogen-bond acceptors (Lipinski definition) is 7. The van der Waals surface area contributed by atoms with Gasteiger partial charge in [0.25, 0.3) is 0 Å². The number of aryl methyl sites for hydroxylation is 1. The van der Waals surface area contributed by atoms with Gasteiger partial charge in [-0.3, -0.25) is 4.79 Å². The third-order valence-electron chi connectivity index (χ3n) is 4.91. The molecular formula is C25H27NO6S. The molecule has 0 aliphatic carbocycles. The van der Waals surface area contributed by atoms with E-state index in [9.17, 15) is 14.4 Å². The molecule has 0 amide bonds. The molecule has 2 heterocycles. The molecule has 33 heavy (non-hydrogen) atoms. The first-order chi connectivity index (χ1) is 16.0. The average Bonchev–Trinajstić information content (AvgIpc) is 3.45. The zero-order valence-corrected chi connectivity index (χ0v) is 19.5. The number of hydrogen-bond donors (Lipinski definition) is 1. The second-order valence-corrected chi connectivity index (χ2v) is 8.21. The summed E-state index contributed by atoms with van der Waals surface area (Å²) in [6.45, 7) is 3.88. The summed E-state index contributed by atoms with van der Waals surface area (Å²) in [6.07, 6.45) is 0.851. The van der Waals surface area contributed by atoms with Gasteiger partial charge in [0.05, 0.1) is 25.2 Å². The molecular weight excluding hydrogens is 442 g/mol. The summed E-state index contributed by atoms with van der Waals surface area (Å²) in [6, 6.07) is 13.3. The van der Waals surface area contributed by atoms with E-state index >= 15 is 0 Å². The molecule has 3 aromatic rings. The number of rotatable bonds is 11. The van der Waals surface area contributed by atoms with E-state index in [1.807, 2.05) is 47.8 Å². The lowest BCUT2D eigenvalue weighted by Crippen LogP contribution is -2.14. The number of esters is 3. The van der Waals surface area contributed by atoms with Gasteiger partial charge >= 0.3 is 17.9 Å². The van der Waals surface area contributed by atoms with Crippen LogP contribution in [-0.2, 0) is 44.9 Å². The van der Waals surface area contributed by atoms with Gasteiger partial charge in [0, 0.05) is 10.6 Å². The van der Waals surface area contributed by atoms with Gasteiger partial charge in [0.1, 0.15) is 12.3 Å². The molecule has 0 saturated heterocycles. The Labute approximate surface area is 196 Å². The van der Waals surface area contributed by atoms with Gasteiger partial charge in [0.15, 0.2) is 0 Å². The molecule has 0 fully saturated rings. The molecule has 0 saturated carbocycles. The standard InChI is InChI=1S/C25H27NO6S/c1-3-30-21(27)15-20-22(24(28)31-4-2)19(13-12-18-11-8-14-33-18)23(26-20)25(29)32-16-17-9-6-5-7-10-17/h5-11,14,26H,3-4,12-13,15-16H2,1-2H3. The van der Waals surface area contributed by atoms with Crippen molar-refractivity contribution in [2.24, 2.45) is 0 Å². The number of nitrogens with one attached hydrogen (secondary N) is 1. The van der Waals surface area contributed by atoms with Gasteiger partial charge in [-0.2, -0.15) is 0 Å². The first-order valence-electron chi connectivity index (χ1n) is 10.8. The Morgan fingerprint density at radius 1 is 0.879 bits per heavy atom. The van der Waals surface area contributed by atoms with E-state index in [4.69, 9.17) is 14.2 Å². The highest BCUT2D eigenvalue weighted by Gasteiger charge is 2.29. The summed E-state index contributed by atoms with van der Waals surface area (Å²) >= 11 is 1.60. The van der Waals surface area contributed by atoms with Crippen LogP contribution in [0.15, 0.2) is 47.8 Å². The Morgan fingerprint density at radius 2 is 1.64 bits per heavy atom. The zero-order chi connectivity index (χ0) is 23.6. The van der Waals surface area contributed by atoms with E-state index in [0.717, 1.165) is 10.4 Å². The second-order valence-electron chi connectivity index (χ2n) is 7.18. The molecule has 0 aliphatic rings. The van der Waals surface area contributed by atoms with Gasteiger partial charge in [-0.05, 0) is 49.3 Å². The van der Waals surface area contributed by atoms with Crippen LogP contribution in [0.2, 0.25) is 0 Å². The van der Waals surface area contributed by atoms with Crippen LogP contribution in [0.1, 0.15) is 56.4 Å². The third-order valence-corrected chi connectivity index (χ3v) is 5.84. The fourth-order valence-corrected chi connectivity index (χ4v) is 4.17. The molecule has 7 nitrogen and oxygen atoms in total. The predicted octanol–water partition coefficient (Wildman–Crippen LogP) is 4.50. The number of thiophene rings is 1. The topological polar surface area (TPSA) is 94.7 Å². The lowest BCUT2D eigenvalue weighted by Gasteiger charge is -2.09. The van der Waals surface area contributed by atoms with E-state index < -0.39 is 17.9 Å². The summed E-state index contributed by atoms with van der Waals surface area (Å²) < 4.78 is 15.8. The first kappa shape index (κ1) is 24.3. The first-order valence-corrected chi connectivity index (χ1v) is 11.7. The van der Waals surface area contributed by atoms with Crippen LogP contribution in [0.3, 0.4) is 0 Å². The third kappa shape index (κ3) is 6.55. The van der Waals surface area contributed by atoms with Crippen molar-refractivity contribution in [3.8, 4) is 0 Å². The molecule has 0 unspecified atom stereocenters. The fraction of sp³-hybridized carbons (Fsp3) is 0.320. The molecule has 2 aromatic heterocycles. The van der Waals surface area contributed by atoms with Gasteiger partial charge < -0.3 is 19.2 Å². The van der Waals surface area contributed by atoms with Crippen LogP contribution < -0.4 is 0 Å². The Balaban J connectivity index is 1.95. The van der Waals surface area contributed by atoms with Gasteiger partial charge in [-0.1, -0.05) is 36.4 Å². The normalized spacial score (nSPS) is 10.6. The van der Waals surface area contributed by atoms with Gasteiger partial charge in [-0.15, -0.1) is 11.3 Å². The van der Waals surface area contributed by atoms with Gasteiger partial charge in [0.2, 0.25) is 0 Å². The van der Waals surface area contributed by atoms with E-state index in [1.165, 1.54) is 0 Å². The van der Waals surface area contributed by atoms with Crippen molar-refractivity contribution in [2.45, 2.75) is 39.7 Å². The molecule has 1 aromatic carbocycles. The largest absolute Gasteiger partial charge is 0.466 e. The van der Waals surface area contributed by atoms with Crippen molar-refractivity contribution in [1.29, 1.82) is 0 Å². The Kier molecular flexibility index (Phi) is 8.83. The molecule has 174 valence electrons. The Hall–Kier alpha value is -3.39. The molecule has 0 bridgehead atoms. The highest BCUT2D eigenvalue weighted by Crippen LogP contribution is 2.25. The van der Waals surface area contributed by atoms with Crippen molar-refractivity contribution in [3.63, 3.8) is 0 Å². The quantitative estimate of drug-likeness (QED) is 0.328. The second kappa shape index (κ2) is 12.0. The zero-order valence-electron chi connectivity index (χ0n) is 18.7. The maximum atomic E-state index is 13.0. The van der Waals surface area contributed by atoms with Crippen LogP contribution in [0.4, 0.5) is 0 Å². The van der Waals surface area contributed by atoms with Crippen LogP contribution in [-0.4, -0.2) is 36.1 Å². The maximum Gasteiger partial charge on any atom is 0.355 e. The molecule has 8 heteroatoms. The highest BCUT2D eigenvalue weighted by atomic mass is 32.1.